The molecule has 1 atom stereocenters. The Morgan fingerprint density at radius 1 is 1.36 bits per heavy atom. The Kier molecular flexibility index (Phi) is 4.83. The smallest absolute Gasteiger partial charge is 0.133 e. The third kappa shape index (κ3) is 4.08. The molecule has 0 aliphatic carbocycles. The van der Waals surface area contributed by atoms with E-state index in [2.05, 4.69) is 15.0 Å². The van der Waals surface area contributed by atoms with Gasteiger partial charge in [0.2, 0.25) is 0 Å². The maximum absolute atomic E-state index is 6.18. The van der Waals surface area contributed by atoms with Crippen LogP contribution in [0.15, 0.2) is 35.1 Å². The molecule has 1 unspecified atom stereocenters. The van der Waals surface area contributed by atoms with Gasteiger partial charge in [-0.1, -0.05) is 11.2 Å². The molecule has 2 aliphatic heterocycles. The molecule has 2 aliphatic rings. The number of rotatable bonds is 5. The molecule has 4 heterocycles. The van der Waals surface area contributed by atoms with E-state index in [9.17, 15) is 0 Å². The predicted octanol–water partition coefficient (Wildman–Crippen LogP) is 2.72. The van der Waals surface area contributed by atoms with Gasteiger partial charge in [0.05, 0.1) is 30.6 Å². The number of likely N-dealkylation sites (tertiary alicyclic amines) is 1. The van der Waals surface area contributed by atoms with Crippen LogP contribution in [-0.2, 0) is 22.6 Å². The summed E-state index contributed by atoms with van der Waals surface area (Å²) in [6, 6.07) is 6.00. The van der Waals surface area contributed by atoms with Crippen molar-refractivity contribution in [2.24, 2.45) is 0 Å². The van der Waals surface area contributed by atoms with E-state index >= 15 is 0 Å². The Bertz CT molecular complexity index is 680. The maximum atomic E-state index is 6.18. The highest BCUT2D eigenvalue weighted by molar-refractivity contribution is 5.07. The minimum absolute atomic E-state index is 0.00412. The van der Waals surface area contributed by atoms with Crippen LogP contribution in [0, 0.1) is 6.92 Å². The first-order chi connectivity index (χ1) is 12.2. The lowest BCUT2D eigenvalue weighted by Crippen LogP contribution is -2.44. The summed E-state index contributed by atoms with van der Waals surface area (Å²) in [7, 11) is 0. The van der Waals surface area contributed by atoms with Crippen molar-refractivity contribution in [3.8, 4) is 0 Å². The zero-order valence-corrected chi connectivity index (χ0v) is 14.7. The highest BCUT2D eigenvalue weighted by Gasteiger charge is 2.43. The lowest BCUT2D eigenvalue weighted by Gasteiger charge is -2.38. The monoisotopic (exact) mass is 343 g/mol. The molecule has 25 heavy (non-hydrogen) atoms. The van der Waals surface area contributed by atoms with Crippen LogP contribution in [-0.4, -0.2) is 46.4 Å². The second-order valence-electron chi connectivity index (χ2n) is 7.20. The van der Waals surface area contributed by atoms with Gasteiger partial charge in [0.25, 0.3) is 0 Å². The van der Waals surface area contributed by atoms with E-state index in [0.29, 0.717) is 13.2 Å². The molecule has 2 saturated heterocycles. The Morgan fingerprint density at radius 2 is 2.24 bits per heavy atom. The summed E-state index contributed by atoms with van der Waals surface area (Å²) in [5, 5.41) is 4.09. The van der Waals surface area contributed by atoms with Gasteiger partial charge in [0, 0.05) is 44.5 Å². The fourth-order valence-electron chi connectivity index (χ4n) is 3.80. The molecule has 0 aromatic carbocycles. The molecule has 0 radical (unpaired) electrons. The molecule has 2 fully saturated rings. The average Bonchev–Trinajstić information content (AvgIpc) is 3.23. The van der Waals surface area contributed by atoms with Crippen molar-refractivity contribution >= 4 is 0 Å². The highest BCUT2D eigenvalue weighted by atomic mass is 16.6. The molecule has 2 aromatic rings. The first-order valence-electron chi connectivity index (χ1n) is 9.00. The summed E-state index contributed by atoms with van der Waals surface area (Å²) >= 11 is 0. The molecule has 134 valence electrons. The summed E-state index contributed by atoms with van der Waals surface area (Å²) in [6.45, 7) is 6.15. The number of nitrogens with zero attached hydrogens (tertiary/aromatic N) is 3. The molecular formula is C19H25N3O3. The molecular weight excluding hydrogens is 318 g/mol. The Hall–Kier alpha value is -1.76. The maximum Gasteiger partial charge on any atom is 0.133 e. The number of hydrogen-bond donors (Lipinski definition) is 0. The van der Waals surface area contributed by atoms with Gasteiger partial charge in [0.15, 0.2) is 0 Å². The van der Waals surface area contributed by atoms with Gasteiger partial charge in [0.1, 0.15) is 5.76 Å². The van der Waals surface area contributed by atoms with Gasteiger partial charge < -0.3 is 14.0 Å². The first kappa shape index (κ1) is 16.7. The van der Waals surface area contributed by atoms with Crippen LogP contribution in [0.5, 0.6) is 0 Å². The van der Waals surface area contributed by atoms with Gasteiger partial charge in [-0.05, 0) is 31.4 Å². The van der Waals surface area contributed by atoms with E-state index < -0.39 is 0 Å². The number of hydrogen-bond acceptors (Lipinski definition) is 6. The molecule has 6 nitrogen and oxygen atoms in total. The van der Waals surface area contributed by atoms with Crippen LogP contribution in [0.3, 0.4) is 0 Å². The van der Waals surface area contributed by atoms with Crippen LogP contribution in [0.2, 0.25) is 0 Å². The Balaban J connectivity index is 1.24. The van der Waals surface area contributed by atoms with Crippen molar-refractivity contribution < 1.29 is 14.0 Å². The van der Waals surface area contributed by atoms with E-state index in [1.807, 2.05) is 31.3 Å². The summed E-state index contributed by atoms with van der Waals surface area (Å²) in [4.78, 5) is 6.56. The minimum Gasteiger partial charge on any atom is -0.372 e. The van der Waals surface area contributed by atoms with Gasteiger partial charge in [-0.25, -0.2) is 0 Å². The largest absolute Gasteiger partial charge is 0.372 e. The molecule has 0 bridgehead atoms. The fraction of sp³-hybridized carbons (Fsp3) is 0.579. The zero-order chi connectivity index (χ0) is 17.1. The van der Waals surface area contributed by atoms with E-state index in [-0.39, 0.29) is 11.7 Å². The van der Waals surface area contributed by atoms with E-state index in [0.717, 1.165) is 55.9 Å². The average molecular weight is 343 g/mol. The summed E-state index contributed by atoms with van der Waals surface area (Å²) in [5.41, 5.74) is 2.12. The van der Waals surface area contributed by atoms with Crippen LogP contribution in [0.1, 0.15) is 36.3 Å². The minimum atomic E-state index is -0.00412. The molecule has 2 aromatic heterocycles. The molecule has 1 spiro atoms. The lowest BCUT2D eigenvalue weighted by atomic mass is 9.88. The van der Waals surface area contributed by atoms with Crippen molar-refractivity contribution in [3.05, 3.63) is 47.6 Å². The van der Waals surface area contributed by atoms with Crippen LogP contribution in [0.4, 0.5) is 0 Å². The first-order valence-corrected chi connectivity index (χ1v) is 9.00. The van der Waals surface area contributed by atoms with Crippen molar-refractivity contribution in [2.75, 3.05) is 19.7 Å². The summed E-state index contributed by atoms with van der Waals surface area (Å²) < 4.78 is 17.4. The number of piperidine rings is 1. The number of ether oxygens (including phenoxy) is 2. The zero-order valence-electron chi connectivity index (χ0n) is 14.7. The fourth-order valence-corrected chi connectivity index (χ4v) is 3.80. The molecule has 0 saturated carbocycles. The third-order valence-electron chi connectivity index (χ3n) is 5.21. The molecule has 0 N–H and O–H groups in total. The molecule has 6 heteroatoms. The second-order valence-corrected chi connectivity index (χ2v) is 7.20. The topological polar surface area (TPSA) is 60.6 Å². The quantitative estimate of drug-likeness (QED) is 0.832. The van der Waals surface area contributed by atoms with Crippen molar-refractivity contribution in [1.82, 2.24) is 15.0 Å². The standard InChI is InChI=1S/C19H25N3O3/c1-15-9-17(21-25-15)12-22-7-4-19(5-8-22)10-18(14-24-19)23-13-16-3-2-6-20-11-16/h2-3,6,9,11,18H,4-5,7-8,10,12-14H2,1H3. The molecule has 0 amide bonds. The molecule has 4 rings (SSSR count). The van der Waals surface area contributed by atoms with Crippen LogP contribution in [0.25, 0.3) is 0 Å². The number of aryl methyl sites for hydroxylation is 1. The van der Waals surface area contributed by atoms with Crippen molar-refractivity contribution in [2.45, 2.75) is 51.0 Å². The van der Waals surface area contributed by atoms with Gasteiger partial charge in [-0.15, -0.1) is 0 Å². The lowest BCUT2D eigenvalue weighted by molar-refractivity contribution is -0.0471. The Labute approximate surface area is 148 Å². The van der Waals surface area contributed by atoms with Crippen molar-refractivity contribution in [1.29, 1.82) is 0 Å². The highest BCUT2D eigenvalue weighted by Crippen LogP contribution is 2.37. The van der Waals surface area contributed by atoms with E-state index in [4.69, 9.17) is 14.0 Å². The van der Waals surface area contributed by atoms with Crippen LogP contribution >= 0.6 is 0 Å². The van der Waals surface area contributed by atoms with E-state index in [1.165, 1.54) is 0 Å². The normalized spacial score (nSPS) is 23.3. The summed E-state index contributed by atoms with van der Waals surface area (Å²) in [5.74, 6) is 0.871. The third-order valence-corrected chi connectivity index (χ3v) is 5.21. The second kappa shape index (κ2) is 7.23. The predicted molar refractivity (Wildman–Crippen MR) is 91.9 cm³/mol. The number of pyridine rings is 1. The van der Waals surface area contributed by atoms with Gasteiger partial charge in [-0.2, -0.15) is 0 Å². The van der Waals surface area contributed by atoms with E-state index in [1.54, 1.807) is 6.20 Å². The van der Waals surface area contributed by atoms with Gasteiger partial charge in [-0.3, -0.25) is 9.88 Å². The summed E-state index contributed by atoms with van der Waals surface area (Å²) in [6.07, 6.45) is 6.92. The Morgan fingerprint density at radius 3 is 2.96 bits per heavy atom. The van der Waals surface area contributed by atoms with Crippen molar-refractivity contribution in [3.63, 3.8) is 0 Å². The SMILES string of the molecule is Cc1cc(CN2CCC3(CC2)CC(OCc2cccnc2)CO3)no1. The van der Waals surface area contributed by atoms with Crippen LogP contribution < -0.4 is 0 Å². The van der Waals surface area contributed by atoms with Gasteiger partial charge >= 0.3 is 0 Å². The number of aromatic nitrogens is 2.